The Morgan fingerprint density at radius 3 is 1.67 bits per heavy atom. The topological polar surface area (TPSA) is 227 Å². The molecule has 0 bridgehead atoms. The number of esters is 2. The molecule has 0 amide bonds. The van der Waals surface area contributed by atoms with Crippen LogP contribution in [-0.2, 0) is 32.7 Å². The number of nitrogens with one attached hydrogen (secondary N) is 3. The molecule has 5 N–H and O–H groups in total. The molecule has 0 saturated carbocycles. The fourth-order valence-electron chi connectivity index (χ4n) is 9.82. The third-order valence-corrected chi connectivity index (χ3v) is 15.9. The van der Waals surface area contributed by atoms with Gasteiger partial charge in [0.2, 0.25) is 0 Å². The Labute approximate surface area is 495 Å². The van der Waals surface area contributed by atoms with E-state index in [4.69, 9.17) is 35.2 Å². The average Bonchev–Trinajstić information content (AvgIpc) is 2.73. The number of anilines is 1. The van der Waals surface area contributed by atoms with Crippen molar-refractivity contribution < 1.29 is 61.9 Å². The van der Waals surface area contributed by atoms with Gasteiger partial charge in [0.05, 0.1) is 38.4 Å². The Balaban J connectivity index is 0.00000236. The predicted molar refractivity (Wildman–Crippen MR) is 331 cm³/mol. The molecule has 0 spiro atoms. The minimum Gasteiger partial charge on any atom is -0.756 e. The van der Waals surface area contributed by atoms with Crippen LogP contribution in [0.15, 0.2) is 63.8 Å². The first-order valence-electron chi connectivity index (χ1n) is 31.1. The summed E-state index contributed by atoms with van der Waals surface area (Å²) in [6, 6.07) is 13.2. The van der Waals surface area contributed by atoms with Crippen LogP contribution in [-0.4, -0.2) is 85.3 Å². The van der Waals surface area contributed by atoms with E-state index in [0.29, 0.717) is 40.6 Å². The van der Waals surface area contributed by atoms with Gasteiger partial charge in [0, 0.05) is 53.7 Å². The van der Waals surface area contributed by atoms with E-state index in [2.05, 4.69) is 45.3 Å². The molecule has 2 unspecified atom stereocenters. The number of phosphoric acid groups is 1. The molecule has 0 saturated heterocycles. The molecule has 16 nitrogen and oxygen atoms in total. The first kappa shape index (κ1) is 71.4. The molecule has 460 valence electrons. The molecule has 2 aliphatic rings. The van der Waals surface area contributed by atoms with Gasteiger partial charge < -0.3 is 53.6 Å². The first-order chi connectivity index (χ1) is 39.6. The minimum absolute atomic E-state index is 0.0355. The summed E-state index contributed by atoms with van der Waals surface area (Å²) in [6.45, 7) is 13.5. The number of hydrogen-bond acceptors (Lipinski definition) is 13. The number of carboxylic acids is 1. The van der Waals surface area contributed by atoms with Gasteiger partial charge >= 0.3 is 17.9 Å². The minimum atomic E-state index is -4.94. The van der Waals surface area contributed by atoms with Gasteiger partial charge in [-0.15, -0.1) is 0 Å². The predicted octanol–water partition coefficient (Wildman–Crippen LogP) is 14.1. The number of carbonyl (C=O) groups excluding carboxylic acids is 2. The summed E-state index contributed by atoms with van der Waals surface area (Å²) in [4.78, 5) is 65.0. The molecule has 1 aliphatic heterocycles. The third-order valence-electron chi connectivity index (χ3n) is 14.7. The smallest absolute Gasteiger partial charge is 0.336 e. The Bertz CT molecular complexity index is 2510. The summed E-state index contributed by atoms with van der Waals surface area (Å²) in [5.41, 5.74) is 1.43. The summed E-state index contributed by atoms with van der Waals surface area (Å²) in [5, 5.41) is 26.7. The van der Waals surface area contributed by atoms with E-state index in [-0.39, 0.29) is 59.2 Å². The van der Waals surface area contributed by atoms with Crippen LogP contribution in [0.5, 0.6) is 5.75 Å². The van der Waals surface area contributed by atoms with Gasteiger partial charge in [0.15, 0.2) is 16.6 Å². The van der Waals surface area contributed by atoms with Crippen molar-refractivity contribution >= 4 is 59.7 Å². The van der Waals surface area contributed by atoms with Crippen molar-refractivity contribution in [3.05, 3.63) is 70.4 Å². The standard InChI is InChI=1S/C58H85N2O13PS.C6H15N/c1-3-5-7-9-11-13-15-17-19-21-23-25-27-29-54(63)69-42-47(72-55(64)30-28-26-24-22-20-18-16-14-12-10-8-6-4-2)43-71-74(67,68)70-38-37-59-58(75)60-44-31-34-48(51(39-44)57(65)66)56-49-35-32-45(61)40-52(49)73-53-41-46(62)33-36-50(53)56;1-4-7(5-2)6-3/h31-36,39-41,47,61H,3-30,37-38,42-43H2,1-2H3,(H,65,66)(H,67,68)(H2,59,60,75);4-6H2,1-3H3. The van der Waals surface area contributed by atoms with Crippen LogP contribution in [0.2, 0.25) is 0 Å². The molecule has 82 heavy (non-hydrogen) atoms. The second kappa shape index (κ2) is 42.8. The van der Waals surface area contributed by atoms with Gasteiger partial charge in [-0.2, -0.15) is 0 Å². The van der Waals surface area contributed by atoms with Gasteiger partial charge in [-0.25, -0.2) is 4.79 Å². The average molecular weight is 1180 g/mol. The van der Waals surface area contributed by atoms with Crippen molar-refractivity contribution in [2.75, 3.05) is 51.3 Å². The highest BCUT2D eigenvalue weighted by atomic mass is 32.1. The maximum absolute atomic E-state index is 12.9. The number of fused-ring (bicyclic) bond motifs is 2. The zero-order chi connectivity index (χ0) is 59.8. The van der Waals surface area contributed by atoms with Gasteiger partial charge in [0.1, 0.15) is 23.7 Å². The second-order valence-corrected chi connectivity index (χ2v) is 23.2. The Hall–Kier alpha value is -4.90. The summed E-state index contributed by atoms with van der Waals surface area (Å²) >= 11 is 5.40. The number of carbonyl (C=O) groups is 3. The molecular formula is C64H100N3O13PS. The van der Waals surface area contributed by atoms with Crippen molar-refractivity contribution in [1.82, 2.24) is 5.32 Å². The van der Waals surface area contributed by atoms with Crippen molar-refractivity contribution in [3.63, 3.8) is 0 Å². The number of rotatable bonds is 44. The van der Waals surface area contributed by atoms with Gasteiger partial charge in [-0.05, 0) is 87.8 Å². The molecule has 2 atom stereocenters. The SMILES string of the molecule is CCCCCCCCCCCCCCCC(=O)OCC(COP(=O)([O-])OCCNC(=S)Nc1ccc(-c2c3ccc(=O)cc-3oc3cc(O)ccc23)c(C(=O)O)c1)OC(=O)CCCCCCCCCCCCCCC.CC[NH+](CC)CC. The van der Waals surface area contributed by atoms with E-state index in [1.165, 1.54) is 166 Å². The van der Waals surface area contributed by atoms with E-state index in [0.717, 1.165) is 38.5 Å². The summed E-state index contributed by atoms with van der Waals surface area (Å²) in [7, 11) is -4.94. The van der Waals surface area contributed by atoms with E-state index in [9.17, 15) is 38.8 Å². The Kier molecular flexibility index (Phi) is 37.3. The monoisotopic (exact) mass is 1180 g/mol. The highest BCUT2D eigenvalue weighted by Crippen LogP contribution is 2.43. The van der Waals surface area contributed by atoms with Crippen molar-refractivity contribution in [2.24, 2.45) is 0 Å². The lowest BCUT2D eigenvalue weighted by atomic mass is 9.90. The highest BCUT2D eigenvalue weighted by molar-refractivity contribution is 7.80. The van der Waals surface area contributed by atoms with Crippen LogP contribution in [0, 0.1) is 0 Å². The van der Waals surface area contributed by atoms with Crippen LogP contribution in [0.1, 0.15) is 225 Å². The van der Waals surface area contributed by atoms with Gasteiger partial charge in [-0.1, -0.05) is 174 Å². The number of thiocarbonyl (C=S) groups is 1. The number of aromatic hydroxyl groups is 1. The fraction of sp³-hybridized carbons (Fsp3) is 0.641. The largest absolute Gasteiger partial charge is 0.756 e. The maximum atomic E-state index is 12.9. The fourth-order valence-corrected chi connectivity index (χ4v) is 10.8. The molecule has 0 aromatic heterocycles. The number of quaternary nitrogens is 1. The Morgan fingerprint density at radius 2 is 1.16 bits per heavy atom. The van der Waals surface area contributed by atoms with Crippen LogP contribution < -0.4 is 25.9 Å². The molecule has 2 aromatic rings. The lowest BCUT2D eigenvalue weighted by molar-refractivity contribution is -0.894. The van der Waals surface area contributed by atoms with Crippen LogP contribution in [0.3, 0.4) is 0 Å². The van der Waals surface area contributed by atoms with E-state index < -0.39 is 45.0 Å². The summed E-state index contributed by atoms with van der Waals surface area (Å²) < 4.78 is 40.0. The molecule has 0 fully saturated rings. The quantitative estimate of drug-likeness (QED) is 0.00912. The number of aromatic carboxylic acids is 1. The number of benzene rings is 3. The van der Waals surface area contributed by atoms with E-state index >= 15 is 0 Å². The van der Waals surface area contributed by atoms with Crippen molar-refractivity contribution in [1.29, 1.82) is 0 Å². The number of hydrogen-bond donors (Lipinski definition) is 5. The lowest BCUT2D eigenvalue weighted by Gasteiger charge is -2.25. The van der Waals surface area contributed by atoms with Crippen LogP contribution >= 0.6 is 20.0 Å². The zero-order valence-corrected chi connectivity index (χ0v) is 52.0. The van der Waals surface area contributed by atoms with E-state index in [1.807, 2.05) is 0 Å². The molecule has 0 radical (unpaired) electrons. The Morgan fingerprint density at radius 1 is 0.646 bits per heavy atom. The molecule has 2 aromatic carbocycles. The molecule has 1 aliphatic carbocycles. The number of phosphoric ester groups is 1. The third kappa shape index (κ3) is 30.1. The number of unbranched alkanes of at least 4 members (excludes halogenated alkanes) is 24. The lowest BCUT2D eigenvalue weighted by Crippen LogP contribution is -3.11. The number of phenolic OH excluding ortho intramolecular Hbond substituents is 1. The number of phenols is 1. The van der Waals surface area contributed by atoms with Gasteiger partial charge in [0.25, 0.3) is 7.82 Å². The first-order valence-corrected chi connectivity index (χ1v) is 32.9. The van der Waals surface area contributed by atoms with Gasteiger partial charge in [-0.3, -0.25) is 18.9 Å². The molecule has 4 rings (SSSR count). The molecule has 18 heteroatoms. The van der Waals surface area contributed by atoms with Crippen LogP contribution in [0.4, 0.5) is 5.69 Å². The van der Waals surface area contributed by atoms with Crippen molar-refractivity contribution in [2.45, 2.75) is 221 Å². The number of ether oxygens (including phenoxy) is 2. The summed E-state index contributed by atoms with van der Waals surface area (Å²) in [6.07, 6.45) is 29.6. The second-order valence-electron chi connectivity index (χ2n) is 21.4. The molecular weight excluding hydrogens is 1080 g/mol. The number of carboxylic acid groups (broad SMARTS) is 1. The molecule has 1 heterocycles. The van der Waals surface area contributed by atoms with Crippen molar-refractivity contribution in [3.8, 4) is 28.2 Å². The highest BCUT2D eigenvalue weighted by Gasteiger charge is 2.24. The summed E-state index contributed by atoms with van der Waals surface area (Å²) in [5.74, 6) is -2.10. The maximum Gasteiger partial charge on any atom is 0.336 e. The normalized spacial score (nSPS) is 12.4. The van der Waals surface area contributed by atoms with E-state index in [1.54, 1.807) is 29.2 Å². The van der Waals surface area contributed by atoms with Crippen LogP contribution in [0.25, 0.3) is 33.4 Å². The zero-order valence-electron chi connectivity index (χ0n) is 50.3.